The van der Waals surface area contributed by atoms with E-state index in [-0.39, 0.29) is 12.1 Å². The highest BCUT2D eigenvalue weighted by Gasteiger charge is 2.39. The van der Waals surface area contributed by atoms with Crippen LogP contribution in [0.1, 0.15) is 45.4 Å². The van der Waals surface area contributed by atoms with Crippen molar-refractivity contribution in [3.8, 4) is 0 Å². The molecule has 15 heavy (non-hydrogen) atoms. The Labute approximate surface area is 92.6 Å². The molecule has 2 rings (SSSR count). The van der Waals surface area contributed by atoms with Gasteiger partial charge < -0.3 is 10.8 Å². The van der Waals surface area contributed by atoms with E-state index in [4.69, 9.17) is 5.73 Å². The van der Waals surface area contributed by atoms with E-state index >= 15 is 0 Å². The molecule has 3 atom stereocenters. The summed E-state index contributed by atoms with van der Waals surface area (Å²) >= 11 is 0. The van der Waals surface area contributed by atoms with Crippen molar-refractivity contribution in [2.75, 3.05) is 13.2 Å². The van der Waals surface area contributed by atoms with Gasteiger partial charge in [-0.15, -0.1) is 0 Å². The van der Waals surface area contributed by atoms with E-state index in [2.05, 4.69) is 11.8 Å². The summed E-state index contributed by atoms with van der Waals surface area (Å²) in [5, 5.41) is 9.26. The molecule has 1 saturated heterocycles. The number of likely N-dealkylation sites (tertiary alicyclic amines) is 1. The molecule has 1 heterocycles. The highest BCUT2D eigenvalue weighted by atomic mass is 16.3. The molecule has 0 amide bonds. The molecule has 0 aromatic carbocycles. The van der Waals surface area contributed by atoms with Crippen molar-refractivity contribution in [3.05, 3.63) is 0 Å². The van der Waals surface area contributed by atoms with Gasteiger partial charge in [0.05, 0.1) is 6.61 Å². The Bertz CT molecular complexity index is 222. The van der Waals surface area contributed by atoms with Crippen LogP contribution in [-0.2, 0) is 0 Å². The van der Waals surface area contributed by atoms with E-state index in [0.717, 1.165) is 12.8 Å². The Morgan fingerprint density at radius 2 is 2.20 bits per heavy atom. The molecular formula is C12H24N2O. The van der Waals surface area contributed by atoms with Gasteiger partial charge >= 0.3 is 0 Å². The molecule has 0 aromatic heterocycles. The number of rotatable bonds is 2. The summed E-state index contributed by atoms with van der Waals surface area (Å²) in [7, 11) is 0. The van der Waals surface area contributed by atoms with E-state index in [1.165, 1.54) is 32.2 Å². The number of nitrogens with two attached hydrogens (primary N) is 1. The van der Waals surface area contributed by atoms with Gasteiger partial charge in [0.1, 0.15) is 0 Å². The Kier molecular flexibility index (Phi) is 3.33. The van der Waals surface area contributed by atoms with Crippen LogP contribution < -0.4 is 5.73 Å². The molecule has 1 aliphatic carbocycles. The Morgan fingerprint density at radius 3 is 2.80 bits per heavy atom. The third-order valence-corrected chi connectivity index (χ3v) is 4.26. The lowest BCUT2D eigenvalue weighted by molar-refractivity contribution is 0.0990. The predicted octanol–water partition coefficient (Wildman–Crippen LogP) is 1.10. The number of aliphatic hydroxyl groups is 1. The molecule has 3 heteroatoms. The van der Waals surface area contributed by atoms with Crippen LogP contribution in [0, 0.1) is 0 Å². The predicted molar refractivity (Wildman–Crippen MR) is 61.7 cm³/mol. The van der Waals surface area contributed by atoms with Gasteiger partial charge in [0.15, 0.2) is 0 Å². The highest BCUT2D eigenvalue weighted by molar-refractivity contribution is 4.98. The number of piperidine rings is 1. The second-order valence-electron chi connectivity index (χ2n) is 5.50. The topological polar surface area (TPSA) is 49.5 Å². The summed E-state index contributed by atoms with van der Waals surface area (Å²) in [6.07, 6.45) is 7.16. The maximum atomic E-state index is 9.26. The molecule has 0 radical (unpaired) electrons. The monoisotopic (exact) mass is 212 g/mol. The lowest BCUT2D eigenvalue weighted by Crippen LogP contribution is -2.47. The number of hydrogen-bond donors (Lipinski definition) is 2. The van der Waals surface area contributed by atoms with E-state index in [1.807, 2.05) is 0 Å². The van der Waals surface area contributed by atoms with Gasteiger partial charge in [-0.05, 0) is 45.6 Å². The van der Waals surface area contributed by atoms with Gasteiger partial charge in [0, 0.05) is 17.6 Å². The summed E-state index contributed by atoms with van der Waals surface area (Å²) in [5.74, 6) is 0. The summed E-state index contributed by atoms with van der Waals surface area (Å²) in [6.45, 7) is 3.70. The van der Waals surface area contributed by atoms with Crippen molar-refractivity contribution in [2.45, 2.75) is 63.1 Å². The first-order valence-corrected chi connectivity index (χ1v) is 6.30. The molecule has 1 aliphatic heterocycles. The lowest BCUT2D eigenvalue weighted by Gasteiger charge is -2.38. The second-order valence-corrected chi connectivity index (χ2v) is 5.50. The molecule has 0 spiro atoms. The second kappa shape index (κ2) is 4.40. The van der Waals surface area contributed by atoms with E-state index in [9.17, 15) is 5.11 Å². The Morgan fingerprint density at radius 1 is 1.40 bits per heavy atom. The molecular weight excluding hydrogens is 188 g/mol. The smallest absolute Gasteiger partial charge is 0.0611 e. The molecule has 2 aliphatic rings. The maximum Gasteiger partial charge on any atom is 0.0611 e. The zero-order chi connectivity index (χ0) is 10.9. The molecule has 1 saturated carbocycles. The minimum absolute atomic E-state index is 0.145. The zero-order valence-electron chi connectivity index (χ0n) is 9.78. The van der Waals surface area contributed by atoms with Crippen molar-refractivity contribution in [1.82, 2.24) is 4.90 Å². The Hall–Kier alpha value is -0.120. The highest BCUT2D eigenvalue weighted by Crippen LogP contribution is 2.33. The van der Waals surface area contributed by atoms with E-state index in [1.54, 1.807) is 0 Å². The lowest BCUT2D eigenvalue weighted by atomic mass is 9.97. The van der Waals surface area contributed by atoms with Crippen molar-refractivity contribution in [2.24, 2.45) is 5.73 Å². The average molecular weight is 212 g/mol. The summed E-state index contributed by atoms with van der Waals surface area (Å²) in [6, 6.07) is 1.34. The fraction of sp³-hybridized carbons (Fsp3) is 1.00. The van der Waals surface area contributed by atoms with E-state index < -0.39 is 0 Å². The van der Waals surface area contributed by atoms with Gasteiger partial charge in [-0.25, -0.2) is 0 Å². The third kappa shape index (κ3) is 2.35. The van der Waals surface area contributed by atoms with Gasteiger partial charge in [-0.1, -0.05) is 6.42 Å². The van der Waals surface area contributed by atoms with Gasteiger partial charge in [-0.2, -0.15) is 0 Å². The third-order valence-electron chi connectivity index (χ3n) is 4.26. The van der Waals surface area contributed by atoms with Crippen molar-refractivity contribution >= 4 is 0 Å². The molecule has 3 N–H and O–H groups in total. The van der Waals surface area contributed by atoms with Crippen LogP contribution >= 0.6 is 0 Å². The van der Waals surface area contributed by atoms with Gasteiger partial charge in [0.2, 0.25) is 0 Å². The van der Waals surface area contributed by atoms with Crippen molar-refractivity contribution < 1.29 is 5.11 Å². The number of aliphatic hydroxyl groups excluding tert-OH is 1. The van der Waals surface area contributed by atoms with E-state index in [0.29, 0.717) is 12.1 Å². The molecule has 3 unspecified atom stereocenters. The molecule has 3 nitrogen and oxygen atoms in total. The number of hydrogen-bond acceptors (Lipinski definition) is 3. The first kappa shape index (κ1) is 11.4. The standard InChI is InChI=1S/C12H24N2O/c1-10-4-2-3-7-14(10)11-5-6-12(13,8-11)9-15/h10-11,15H,2-9,13H2,1H3. The fourth-order valence-electron chi connectivity index (χ4n) is 3.22. The summed E-state index contributed by atoms with van der Waals surface area (Å²) in [5.41, 5.74) is 5.83. The van der Waals surface area contributed by atoms with Crippen LogP contribution in [-0.4, -0.2) is 40.8 Å². The van der Waals surface area contributed by atoms with Gasteiger partial charge in [0.25, 0.3) is 0 Å². The van der Waals surface area contributed by atoms with Crippen LogP contribution in [0.4, 0.5) is 0 Å². The quantitative estimate of drug-likeness (QED) is 0.721. The summed E-state index contributed by atoms with van der Waals surface area (Å²) < 4.78 is 0. The molecule has 0 bridgehead atoms. The maximum absolute atomic E-state index is 9.26. The Balaban J connectivity index is 1.94. The molecule has 88 valence electrons. The minimum atomic E-state index is -0.290. The van der Waals surface area contributed by atoms with Crippen LogP contribution in [0.3, 0.4) is 0 Å². The normalized spacial score (nSPS) is 43.4. The number of nitrogens with zero attached hydrogens (tertiary/aromatic N) is 1. The molecule has 0 aromatic rings. The first-order valence-electron chi connectivity index (χ1n) is 6.30. The minimum Gasteiger partial charge on any atom is -0.394 e. The SMILES string of the molecule is CC1CCCCN1C1CCC(N)(CO)C1. The average Bonchev–Trinajstić information content (AvgIpc) is 2.63. The van der Waals surface area contributed by atoms with Crippen LogP contribution in [0.25, 0.3) is 0 Å². The largest absolute Gasteiger partial charge is 0.394 e. The van der Waals surface area contributed by atoms with Crippen LogP contribution in [0.5, 0.6) is 0 Å². The first-order chi connectivity index (χ1) is 7.14. The fourth-order valence-corrected chi connectivity index (χ4v) is 3.22. The van der Waals surface area contributed by atoms with Crippen LogP contribution in [0.15, 0.2) is 0 Å². The molecule has 2 fully saturated rings. The zero-order valence-corrected chi connectivity index (χ0v) is 9.78. The summed E-state index contributed by atoms with van der Waals surface area (Å²) in [4.78, 5) is 2.62. The van der Waals surface area contributed by atoms with Gasteiger partial charge in [-0.3, -0.25) is 4.90 Å². The van der Waals surface area contributed by atoms with Crippen LogP contribution in [0.2, 0.25) is 0 Å². The van der Waals surface area contributed by atoms with Crippen molar-refractivity contribution in [1.29, 1.82) is 0 Å². The van der Waals surface area contributed by atoms with Crippen molar-refractivity contribution in [3.63, 3.8) is 0 Å².